The van der Waals surface area contributed by atoms with Gasteiger partial charge in [0.25, 0.3) is 5.76 Å². The van der Waals surface area contributed by atoms with Gasteiger partial charge < -0.3 is 14.8 Å². The molecule has 2 aromatic carbocycles. The molecule has 2 aromatic rings. The van der Waals surface area contributed by atoms with Crippen LogP contribution in [-0.4, -0.2) is 61.0 Å². The molecule has 0 spiro atoms. The molecule has 30 heavy (non-hydrogen) atoms. The van der Waals surface area contributed by atoms with E-state index in [1.54, 1.807) is 24.3 Å². The number of carbonyl (C=O) groups excluding carboxylic acids is 1. The predicted octanol–water partition coefficient (Wildman–Crippen LogP) is 3.49. The minimum atomic E-state index is -2.45. The number of nitrogens with zero attached hydrogens (tertiary/aromatic N) is 2. The van der Waals surface area contributed by atoms with Crippen molar-refractivity contribution >= 4 is 23.4 Å². The molecule has 1 N–H and O–H groups in total. The van der Waals surface area contributed by atoms with Crippen molar-refractivity contribution < 1.29 is 23.0 Å². The summed E-state index contributed by atoms with van der Waals surface area (Å²) in [5.74, 6) is -0.969. The Morgan fingerprint density at radius 1 is 1.00 bits per heavy atom. The van der Waals surface area contributed by atoms with Gasteiger partial charge in [0.2, 0.25) is 12.7 Å². The van der Waals surface area contributed by atoms with Crippen LogP contribution in [0.25, 0.3) is 0 Å². The molecular weight excluding hydrogens is 412 g/mol. The number of ether oxygens (including phenoxy) is 2. The minimum Gasteiger partial charge on any atom is -0.454 e. The monoisotopic (exact) mass is 435 g/mol. The molecule has 0 saturated carbocycles. The van der Waals surface area contributed by atoms with E-state index < -0.39 is 5.76 Å². The van der Waals surface area contributed by atoms with Crippen LogP contribution in [0, 0.1) is 0 Å². The Kier molecular flexibility index (Phi) is 6.71. The van der Waals surface area contributed by atoms with Crippen LogP contribution in [0.5, 0.6) is 11.5 Å². The fourth-order valence-electron chi connectivity index (χ4n) is 3.53. The minimum absolute atomic E-state index is 0.103. The summed E-state index contributed by atoms with van der Waals surface area (Å²) in [7, 11) is 0. The summed E-state index contributed by atoms with van der Waals surface area (Å²) in [5.41, 5.74) is 1.79. The van der Waals surface area contributed by atoms with Crippen LogP contribution in [0.2, 0.25) is 0 Å². The Morgan fingerprint density at radius 2 is 1.70 bits per heavy atom. The van der Waals surface area contributed by atoms with E-state index >= 15 is 0 Å². The number of benzene rings is 2. The first-order valence-electron chi connectivity index (χ1n) is 9.73. The van der Waals surface area contributed by atoms with E-state index in [1.807, 2.05) is 12.1 Å². The number of alkyl halides is 2. The number of anilines is 1. The highest BCUT2D eigenvalue weighted by Gasteiger charge is 2.20. The molecule has 0 radical (unpaired) electrons. The second-order valence-corrected chi connectivity index (χ2v) is 8.25. The van der Waals surface area contributed by atoms with Crippen molar-refractivity contribution in [1.82, 2.24) is 9.80 Å². The predicted molar refractivity (Wildman–Crippen MR) is 111 cm³/mol. The number of thioether (sulfide) groups is 1. The molecular formula is C21H23F2N3O3S. The maximum absolute atomic E-state index is 12.4. The van der Waals surface area contributed by atoms with Crippen LogP contribution in [0.4, 0.5) is 14.5 Å². The van der Waals surface area contributed by atoms with Crippen LogP contribution in [0.1, 0.15) is 5.56 Å². The Labute approximate surface area is 178 Å². The quantitative estimate of drug-likeness (QED) is 0.672. The number of nitrogens with one attached hydrogen (secondary N) is 1. The van der Waals surface area contributed by atoms with Gasteiger partial charge in [-0.05, 0) is 42.0 Å². The zero-order chi connectivity index (χ0) is 20.9. The van der Waals surface area contributed by atoms with Crippen molar-refractivity contribution in [2.24, 2.45) is 0 Å². The fourth-order valence-corrected chi connectivity index (χ4v) is 4.03. The zero-order valence-electron chi connectivity index (χ0n) is 16.4. The van der Waals surface area contributed by atoms with Crippen molar-refractivity contribution in [2.75, 3.05) is 44.8 Å². The van der Waals surface area contributed by atoms with Gasteiger partial charge in [0.1, 0.15) is 0 Å². The van der Waals surface area contributed by atoms with Crippen molar-refractivity contribution in [3.8, 4) is 11.5 Å². The lowest BCUT2D eigenvalue weighted by molar-refractivity contribution is -0.117. The summed E-state index contributed by atoms with van der Waals surface area (Å²) < 4.78 is 35.5. The molecule has 1 saturated heterocycles. The van der Waals surface area contributed by atoms with Crippen LogP contribution in [0.3, 0.4) is 0 Å². The van der Waals surface area contributed by atoms with Gasteiger partial charge >= 0.3 is 0 Å². The van der Waals surface area contributed by atoms with E-state index in [9.17, 15) is 13.6 Å². The Morgan fingerprint density at radius 3 is 2.43 bits per heavy atom. The molecule has 4 rings (SSSR count). The van der Waals surface area contributed by atoms with Crippen molar-refractivity contribution in [1.29, 1.82) is 0 Å². The van der Waals surface area contributed by atoms with Crippen LogP contribution < -0.4 is 14.8 Å². The average molecular weight is 435 g/mol. The summed E-state index contributed by atoms with van der Waals surface area (Å²) in [4.78, 5) is 17.3. The van der Waals surface area contributed by atoms with E-state index in [0.717, 1.165) is 44.2 Å². The Bertz CT molecular complexity index is 874. The number of halogens is 2. The van der Waals surface area contributed by atoms with E-state index in [2.05, 4.69) is 21.2 Å². The molecule has 6 nitrogen and oxygen atoms in total. The second-order valence-electron chi connectivity index (χ2n) is 7.19. The topological polar surface area (TPSA) is 54.0 Å². The third-order valence-corrected chi connectivity index (χ3v) is 5.76. The summed E-state index contributed by atoms with van der Waals surface area (Å²) >= 11 is 0.489. The molecule has 1 amide bonds. The van der Waals surface area contributed by atoms with Gasteiger partial charge in [-0.25, -0.2) is 0 Å². The number of rotatable bonds is 7. The highest BCUT2D eigenvalue weighted by atomic mass is 32.2. The van der Waals surface area contributed by atoms with Gasteiger partial charge in [0.15, 0.2) is 11.5 Å². The zero-order valence-corrected chi connectivity index (χ0v) is 17.2. The first kappa shape index (κ1) is 20.9. The summed E-state index contributed by atoms with van der Waals surface area (Å²) in [6.07, 6.45) is 0. The van der Waals surface area contributed by atoms with Crippen molar-refractivity contribution in [3.05, 3.63) is 48.0 Å². The first-order chi connectivity index (χ1) is 14.5. The van der Waals surface area contributed by atoms with E-state index in [1.165, 1.54) is 5.56 Å². The van der Waals surface area contributed by atoms with Crippen LogP contribution >= 0.6 is 11.8 Å². The lowest BCUT2D eigenvalue weighted by Gasteiger charge is -2.34. The third-order valence-electron chi connectivity index (χ3n) is 5.04. The lowest BCUT2D eigenvalue weighted by atomic mass is 10.1. The van der Waals surface area contributed by atoms with E-state index in [4.69, 9.17) is 9.47 Å². The van der Waals surface area contributed by atoms with Gasteiger partial charge in [0.05, 0.1) is 6.54 Å². The number of amides is 1. The van der Waals surface area contributed by atoms with Crippen LogP contribution in [-0.2, 0) is 11.3 Å². The normalized spacial score (nSPS) is 16.8. The number of hydrogen-bond donors (Lipinski definition) is 1. The lowest BCUT2D eigenvalue weighted by Crippen LogP contribution is -2.48. The molecule has 2 heterocycles. The summed E-state index contributed by atoms with van der Waals surface area (Å²) in [6.45, 7) is 4.79. The summed E-state index contributed by atoms with van der Waals surface area (Å²) in [5, 5.41) is 2.83. The van der Waals surface area contributed by atoms with E-state index in [0.29, 0.717) is 28.9 Å². The number of hydrogen-bond acceptors (Lipinski definition) is 6. The molecule has 0 atom stereocenters. The number of fused-ring (bicyclic) bond motifs is 1. The fraction of sp³-hybridized carbons (Fsp3) is 0.381. The number of carbonyl (C=O) groups is 1. The van der Waals surface area contributed by atoms with Gasteiger partial charge in [-0.15, -0.1) is 0 Å². The molecule has 2 aliphatic rings. The highest BCUT2D eigenvalue weighted by molar-refractivity contribution is 7.99. The molecule has 9 heteroatoms. The molecule has 0 bridgehead atoms. The van der Waals surface area contributed by atoms with Gasteiger partial charge in [-0.2, -0.15) is 8.78 Å². The Hall–Kier alpha value is -2.36. The van der Waals surface area contributed by atoms with E-state index in [-0.39, 0.29) is 12.7 Å². The maximum atomic E-state index is 12.4. The van der Waals surface area contributed by atoms with Crippen molar-refractivity contribution in [2.45, 2.75) is 17.2 Å². The molecule has 2 aliphatic heterocycles. The van der Waals surface area contributed by atoms with Gasteiger partial charge in [-0.1, -0.05) is 17.8 Å². The SMILES string of the molecule is O=C(CN1CCN(Cc2ccc3c(c2)OCO3)CC1)Nc1ccc(SC(F)F)cc1. The highest BCUT2D eigenvalue weighted by Crippen LogP contribution is 2.33. The van der Waals surface area contributed by atoms with Gasteiger partial charge in [-0.3, -0.25) is 14.6 Å². The smallest absolute Gasteiger partial charge is 0.288 e. The second kappa shape index (κ2) is 9.63. The molecule has 160 valence electrons. The molecule has 0 aromatic heterocycles. The number of piperazine rings is 1. The third kappa shape index (κ3) is 5.62. The first-order valence-corrected chi connectivity index (χ1v) is 10.6. The van der Waals surface area contributed by atoms with Gasteiger partial charge in [0, 0.05) is 43.3 Å². The largest absolute Gasteiger partial charge is 0.454 e. The molecule has 1 fully saturated rings. The standard InChI is InChI=1S/C21H23F2N3O3S/c22-21(23)30-17-4-2-16(3-5-17)24-20(27)13-26-9-7-25(8-10-26)12-15-1-6-18-19(11-15)29-14-28-18/h1-6,11,21H,7-10,12-14H2,(H,24,27). The molecule has 0 aliphatic carbocycles. The maximum Gasteiger partial charge on any atom is 0.288 e. The van der Waals surface area contributed by atoms with Crippen molar-refractivity contribution in [3.63, 3.8) is 0 Å². The van der Waals surface area contributed by atoms with Crippen LogP contribution in [0.15, 0.2) is 47.4 Å². The Balaban J connectivity index is 1.20. The average Bonchev–Trinajstić information content (AvgIpc) is 3.18. The summed E-state index contributed by atoms with van der Waals surface area (Å²) in [6, 6.07) is 12.5. The molecule has 0 unspecified atom stereocenters.